The first-order valence-electron chi connectivity index (χ1n) is 13.0. The van der Waals surface area contributed by atoms with Gasteiger partial charge in [-0.1, -0.05) is 0 Å². The van der Waals surface area contributed by atoms with E-state index in [1.807, 2.05) is 26.1 Å². The summed E-state index contributed by atoms with van der Waals surface area (Å²) in [5.74, 6) is 2.64. The minimum absolute atomic E-state index is 0.0146. The van der Waals surface area contributed by atoms with Gasteiger partial charge in [-0.25, -0.2) is 0 Å². The fraction of sp³-hybridized carbons (Fsp3) is 0.680. The Morgan fingerprint density at radius 1 is 1.22 bits per heavy atom. The Morgan fingerprint density at radius 3 is 2.69 bits per heavy atom. The number of aryl methyl sites for hydroxylation is 1. The van der Waals surface area contributed by atoms with E-state index in [-0.39, 0.29) is 30.1 Å². The molecule has 3 saturated heterocycles. The van der Waals surface area contributed by atoms with Crippen LogP contribution in [-0.2, 0) is 14.3 Å². The van der Waals surface area contributed by atoms with Gasteiger partial charge in [-0.3, -0.25) is 9.89 Å². The molecule has 1 amide bonds. The number of methoxy groups -OCH3 is 1. The van der Waals surface area contributed by atoms with E-state index >= 15 is 0 Å². The van der Waals surface area contributed by atoms with Crippen LogP contribution < -0.4 is 15.0 Å². The van der Waals surface area contributed by atoms with E-state index in [1.54, 1.807) is 7.11 Å². The first-order chi connectivity index (χ1) is 17.5. The number of carbonyl (C=O) groups excluding carboxylic acids is 1. The predicted molar refractivity (Wildman–Crippen MR) is 135 cm³/mol. The average Bonchev–Trinajstić information content (AvgIpc) is 3.52. The van der Waals surface area contributed by atoms with Crippen LogP contribution in [-0.4, -0.2) is 89.2 Å². The molecule has 196 valence electrons. The Bertz CT molecular complexity index is 1030. The van der Waals surface area contributed by atoms with Crippen LogP contribution in [0.4, 0.5) is 17.6 Å². The number of amides is 1. The summed E-state index contributed by atoms with van der Waals surface area (Å²) in [5.41, 5.74) is 0.960. The molecule has 0 aliphatic carbocycles. The van der Waals surface area contributed by atoms with Gasteiger partial charge in [-0.15, -0.1) is 0 Å². The van der Waals surface area contributed by atoms with Crippen molar-refractivity contribution in [3.05, 3.63) is 17.8 Å². The van der Waals surface area contributed by atoms with Gasteiger partial charge < -0.3 is 29.3 Å². The number of ether oxygens (including phenoxy) is 3. The summed E-state index contributed by atoms with van der Waals surface area (Å²) >= 11 is 0. The average molecular weight is 500 g/mol. The largest absolute Gasteiger partial charge is 0.472 e. The topological polar surface area (TPSA) is 118 Å². The number of fused-ring (bicyclic) bond motifs is 2. The monoisotopic (exact) mass is 499 g/mol. The Hall–Kier alpha value is -2.92. The molecule has 5 heterocycles. The minimum Gasteiger partial charge on any atom is -0.472 e. The van der Waals surface area contributed by atoms with Crippen LogP contribution in [0.2, 0.25) is 0 Å². The highest BCUT2D eigenvalue weighted by atomic mass is 16.5. The third-order valence-electron chi connectivity index (χ3n) is 7.45. The standard InChI is InChI=1S/C25H37N7O4/c1-16-11-22(30-29-16)26-21-14-23(36-20-7-10-35-15-20)28-25(27-21)31(2)19-12-17-5-4-6-18(13-19)32(17)24(33)8-9-34-3/h11,14,17-20H,4-10,12-13,15H2,1-3H3,(H2,26,27,28,29,30)/t17-,18+,19?,20-/m0/s1. The van der Waals surface area contributed by atoms with Gasteiger partial charge in [0, 0.05) is 56.5 Å². The minimum atomic E-state index is -0.0146. The SMILES string of the molecule is COCCC(=O)N1[C@@H]2CCC[C@H]1CC(N(C)c1nc(Nc3cc(C)[nH]n3)cc(O[C@H]3CCOC3)n1)C2. The lowest BCUT2D eigenvalue weighted by atomic mass is 9.81. The molecule has 36 heavy (non-hydrogen) atoms. The van der Waals surface area contributed by atoms with Gasteiger partial charge >= 0.3 is 0 Å². The van der Waals surface area contributed by atoms with Crippen LogP contribution in [0.3, 0.4) is 0 Å². The number of anilines is 3. The second kappa shape index (κ2) is 11.0. The Labute approximate surface area is 211 Å². The first-order valence-corrected chi connectivity index (χ1v) is 13.0. The fourth-order valence-corrected chi connectivity index (χ4v) is 5.64. The van der Waals surface area contributed by atoms with Crippen molar-refractivity contribution in [2.45, 2.75) is 76.1 Å². The zero-order chi connectivity index (χ0) is 25.1. The summed E-state index contributed by atoms with van der Waals surface area (Å²) < 4.78 is 16.8. The van der Waals surface area contributed by atoms with E-state index in [0.717, 1.165) is 37.8 Å². The molecular formula is C25H37N7O4. The number of H-pyrrole nitrogens is 1. The second-order valence-electron chi connectivity index (χ2n) is 10.1. The van der Waals surface area contributed by atoms with E-state index < -0.39 is 0 Å². The molecular weight excluding hydrogens is 462 g/mol. The number of aromatic amines is 1. The Balaban J connectivity index is 1.35. The zero-order valence-corrected chi connectivity index (χ0v) is 21.4. The van der Waals surface area contributed by atoms with Gasteiger partial charge in [-0.05, 0) is 39.0 Å². The van der Waals surface area contributed by atoms with Gasteiger partial charge in [0.05, 0.1) is 26.2 Å². The molecule has 2 N–H and O–H groups in total. The maximum atomic E-state index is 12.9. The number of rotatable bonds is 9. The molecule has 0 spiro atoms. The van der Waals surface area contributed by atoms with Crippen LogP contribution in [0.15, 0.2) is 12.1 Å². The number of nitrogens with zero attached hydrogens (tertiary/aromatic N) is 5. The molecule has 3 aliphatic rings. The van der Waals surface area contributed by atoms with Crippen molar-refractivity contribution >= 4 is 23.5 Å². The highest BCUT2D eigenvalue weighted by Gasteiger charge is 2.42. The van der Waals surface area contributed by atoms with Crippen molar-refractivity contribution in [2.24, 2.45) is 0 Å². The number of hydrogen-bond donors (Lipinski definition) is 2. The summed E-state index contributed by atoms with van der Waals surface area (Å²) in [6, 6.07) is 4.46. The van der Waals surface area contributed by atoms with Crippen molar-refractivity contribution in [3.63, 3.8) is 0 Å². The van der Waals surface area contributed by atoms with Gasteiger partial charge in [-0.2, -0.15) is 15.1 Å². The van der Waals surface area contributed by atoms with Gasteiger partial charge in [0.1, 0.15) is 11.9 Å². The predicted octanol–water partition coefficient (Wildman–Crippen LogP) is 2.80. The smallest absolute Gasteiger partial charge is 0.230 e. The fourth-order valence-electron chi connectivity index (χ4n) is 5.64. The molecule has 4 atom stereocenters. The molecule has 3 fully saturated rings. The molecule has 2 aromatic rings. The summed E-state index contributed by atoms with van der Waals surface area (Å²) in [4.78, 5) is 26.8. The van der Waals surface area contributed by atoms with Crippen LogP contribution >= 0.6 is 0 Å². The lowest BCUT2D eigenvalue weighted by Crippen LogP contribution is -2.58. The quantitative estimate of drug-likeness (QED) is 0.537. The molecule has 11 heteroatoms. The Morgan fingerprint density at radius 2 is 2.03 bits per heavy atom. The third kappa shape index (κ3) is 5.57. The third-order valence-corrected chi connectivity index (χ3v) is 7.45. The number of nitrogens with one attached hydrogen (secondary N) is 2. The first kappa shape index (κ1) is 24.8. The van der Waals surface area contributed by atoms with Crippen molar-refractivity contribution < 1.29 is 19.0 Å². The van der Waals surface area contributed by atoms with E-state index in [0.29, 0.717) is 49.7 Å². The Kier molecular flexibility index (Phi) is 7.56. The molecule has 5 rings (SSSR count). The summed E-state index contributed by atoms with van der Waals surface area (Å²) in [6.07, 6.45) is 6.32. The van der Waals surface area contributed by atoms with E-state index in [9.17, 15) is 4.79 Å². The number of hydrogen-bond acceptors (Lipinski definition) is 9. The second-order valence-corrected chi connectivity index (χ2v) is 10.1. The highest BCUT2D eigenvalue weighted by molar-refractivity contribution is 5.77. The van der Waals surface area contributed by atoms with Crippen LogP contribution in [0.1, 0.15) is 50.6 Å². The lowest BCUT2D eigenvalue weighted by molar-refractivity contribution is -0.142. The number of aromatic nitrogens is 4. The highest BCUT2D eigenvalue weighted by Crippen LogP contribution is 2.37. The van der Waals surface area contributed by atoms with Crippen molar-refractivity contribution in [2.75, 3.05) is 44.2 Å². The van der Waals surface area contributed by atoms with Crippen molar-refractivity contribution in [1.29, 1.82) is 0 Å². The molecule has 0 aromatic carbocycles. The molecule has 11 nitrogen and oxygen atoms in total. The molecule has 2 aromatic heterocycles. The van der Waals surface area contributed by atoms with Crippen LogP contribution in [0.5, 0.6) is 5.88 Å². The maximum Gasteiger partial charge on any atom is 0.230 e. The number of carbonyl (C=O) groups is 1. The van der Waals surface area contributed by atoms with Crippen LogP contribution in [0.25, 0.3) is 0 Å². The van der Waals surface area contributed by atoms with E-state index in [2.05, 4.69) is 25.3 Å². The van der Waals surface area contributed by atoms with E-state index in [1.165, 1.54) is 6.42 Å². The van der Waals surface area contributed by atoms with Crippen molar-refractivity contribution in [1.82, 2.24) is 25.1 Å². The molecule has 3 aliphatic heterocycles. The molecule has 2 bridgehead atoms. The molecule has 0 saturated carbocycles. The summed E-state index contributed by atoms with van der Waals surface area (Å²) in [5, 5.41) is 10.5. The molecule has 0 radical (unpaired) electrons. The number of piperidine rings is 2. The zero-order valence-electron chi connectivity index (χ0n) is 21.4. The maximum absolute atomic E-state index is 12.9. The summed E-state index contributed by atoms with van der Waals surface area (Å²) in [6.45, 7) is 3.69. The van der Waals surface area contributed by atoms with Crippen molar-refractivity contribution in [3.8, 4) is 5.88 Å². The van der Waals surface area contributed by atoms with Gasteiger partial charge in [0.2, 0.25) is 17.7 Å². The van der Waals surface area contributed by atoms with Crippen LogP contribution in [0, 0.1) is 6.92 Å². The van der Waals surface area contributed by atoms with E-state index in [4.69, 9.17) is 24.2 Å². The normalized spacial score (nSPS) is 25.6. The van der Waals surface area contributed by atoms with Gasteiger partial charge in [0.25, 0.3) is 0 Å². The van der Waals surface area contributed by atoms with Gasteiger partial charge in [0.15, 0.2) is 5.82 Å². The summed E-state index contributed by atoms with van der Waals surface area (Å²) in [7, 11) is 3.69. The lowest BCUT2D eigenvalue weighted by Gasteiger charge is -2.50. The molecule has 1 unspecified atom stereocenters.